The Morgan fingerprint density at radius 1 is 1.16 bits per heavy atom. The molecular weight excluding hydrogens is 474 g/mol. The van der Waals surface area contributed by atoms with E-state index < -0.39 is 15.9 Å². The van der Waals surface area contributed by atoms with Gasteiger partial charge < -0.3 is 4.57 Å². The highest BCUT2D eigenvalue weighted by molar-refractivity contribution is 7.98. The van der Waals surface area contributed by atoms with Crippen LogP contribution in [-0.4, -0.2) is 48.3 Å². The molecule has 0 saturated carbocycles. The normalized spacial score (nSPS) is 15.7. The summed E-state index contributed by atoms with van der Waals surface area (Å²) in [6.07, 6.45) is 3.79. The second kappa shape index (κ2) is 9.46. The molecule has 1 saturated heterocycles. The van der Waals surface area contributed by atoms with Crippen molar-refractivity contribution in [1.82, 2.24) is 8.87 Å². The molecule has 4 rings (SSSR count). The number of halogens is 1. The molecule has 10 heteroatoms. The van der Waals surface area contributed by atoms with Crippen molar-refractivity contribution in [3.05, 3.63) is 57.9 Å². The fourth-order valence-electron chi connectivity index (χ4n) is 3.53. The van der Waals surface area contributed by atoms with Crippen LogP contribution in [0.15, 0.2) is 52.4 Å². The molecule has 0 aliphatic carbocycles. The first-order valence-corrected chi connectivity index (χ1v) is 13.9. The summed E-state index contributed by atoms with van der Waals surface area (Å²) >= 11 is 9.26. The second-order valence-electron chi connectivity index (χ2n) is 7.19. The fraction of sp³-hybridized carbons (Fsp3) is 0.333. The number of hydrogen-bond acceptors (Lipinski definition) is 5. The van der Waals surface area contributed by atoms with Crippen molar-refractivity contribution in [2.24, 2.45) is 4.99 Å². The molecule has 0 atom stereocenters. The van der Waals surface area contributed by atoms with Crippen LogP contribution in [-0.2, 0) is 16.6 Å². The quantitative estimate of drug-likeness (QED) is 0.512. The number of thiazole rings is 1. The van der Waals surface area contributed by atoms with Crippen LogP contribution in [0.5, 0.6) is 0 Å². The highest BCUT2D eigenvalue weighted by Gasteiger charge is 2.27. The molecule has 31 heavy (non-hydrogen) atoms. The number of hydrogen-bond donors (Lipinski definition) is 0. The van der Waals surface area contributed by atoms with Gasteiger partial charge >= 0.3 is 0 Å². The van der Waals surface area contributed by atoms with Crippen LogP contribution in [0.1, 0.15) is 23.2 Å². The summed E-state index contributed by atoms with van der Waals surface area (Å²) in [5.74, 6) is 0.486. The molecule has 6 nitrogen and oxygen atoms in total. The number of sulfonamides is 1. The number of fused-ring (bicyclic) bond motifs is 1. The molecule has 0 spiro atoms. The summed E-state index contributed by atoms with van der Waals surface area (Å²) < 4.78 is 29.8. The van der Waals surface area contributed by atoms with Crippen molar-refractivity contribution in [3.8, 4) is 0 Å². The topological polar surface area (TPSA) is 71.7 Å². The van der Waals surface area contributed by atoms with Crippen molar-refractivity contribution in [2.45, 2.75) is 24.3 Å². The van der Waals surface area contributed by atoms with E-state index in [1.54, 1.807) is 11.8 Å². The van der Waals surface area contributed by atoms with Gasteiger partial charge in [0.2, 0.25) is 10.0 Å². The van der Waals surface area contributed by atoms with E-state index in [4.69, 9.17) is 11.6 Å². The molecule has 164 valence electrons. The Labute approximate surface area is 194 Å². The van der Waals surface area contributed by atoms with E-state index in [9.17, 15) is 13.2 Å². The number of amides is 1. The monoisotopic (exact) mass is 495 g/mol. The number of rotatable bonds is 6. The van der Waals surface area contributed by atoms with Gasteiger partial charge in [-0.05, 0) is 61.6 Å². The van der Waals surface area contributed by atoms with E-state index in [2.05, 4.69) is 4.99 Å². The van der Waals surface area contributed by atoms with E-state index in [0.29, 0.717) is 28.5 Å². The Hall–Kier alpha value is -1.65. The largest absolute Gasteiger partial charge is 0.316 e. The number of nitrogens with zero attached hydrogens (tertiary/aromatic N) is 3. The number of carbonyl (C=O) groups is 1. The van der Waals surface area contributed by atoms with Crippen LogP contribution >= 0.6 is 34.7 Å². The van der Waals surface area contributed by atoms with Crippen LogP contribution < -0.4 is 4.80 Å². The second-order valence-corrected chi connectivity index (χ2v) is 11.6. The molecule has 1 aliphatic rings. The van der Waals surface area contributed by atoms with E-state index in [1.165, 1.54) is 39.9 Å². The van der Waals surface area contributed by atoms with Gasteiger partial charge in [0.15, 0.2) is 4.80 Å². The van der Waals surface area contributed by atoms with Gasteiger partial charge in [-0.3, -0.25) is 4.79 Å². The minimum absolute atomic E-state index is 0.206. The van der Waals surface area contributed by atoms with E-state index in [-0.39, 0.29) is 4.90 Å². The number of benzene rings is 2. The average molecular weight is 496 g/mol. The minimum atomic E-state index is -3.50. The fourth-order valence-corrected chi connectivity index (χ4v) is 6.74. The van der Waals surface area contributed by atoms with Crippen LogP contribution in [0.3, 0.4) is 0 Å². The molecule has 2 heterocycles. The molecule has 0 bridgehead atoms. The third-order valence-corrected chi connectivity index (χ3v) is 8.95. The van der Waals surface area contributed by atoms with Gasteiger partial charge in [-0.2, -0.15) is 21.1 Å². The standard InChI is InChI=1S/C21H22ClN3O3S3/c1-29-13-12-25-18-9-6-16(22)14-19(18)30-21(25)23-20(26)15-4-7-17(8-5-15)31(27,28)24-10-2-3-11-24/h4-9,14H,2-3,10-13H2,1H3. The Balaban J connectivity index is 1.66. The van der Waals surface area contributed by atoms with Crippen LogP contribution in [0.2, 0.25) is 5.02 Å². The lowest BCUT2D eigenvalue weighted by Gasteiger charge is -2.15. The zero-order chi connectivity index (χ0) is 22.0. The predicted molar refractivity (Wildman–Crippen MR) is 128 cm³/mol. The molecule has 0 radical (unpaired) electrons. The van der Waals surface area contributed by atoms with Gasteiger partial charge in [-0.25, -0.2) is 8.42 Å². The van der Waals surface area contributed by atoms with Crippen molar-refractivity contribution < 1.29 is 13.2 Å². The number of aryl methyl sites for hydroxylation is 1. The first kappa shape index (κ1) is 22.5. The molecule has 3 aromatic rings. The van der Waals surface area contributed by atoms with Crippen molar-refractivity contribution in [1.29, 1.82) is 0 Å². The van der Waals surface area contributed by atoms with Gasteiger partial charge in [0.1, 0.15) is 0 Å². The maximum atomic E-state index is 12.8. The lowest BCUT2D eigenvalue weighted by molar-refractivity contribution is 0.0997. The first-order valence-electron chi connectivity index (χ1n) is 9.87. The summed E-state index contributed by atoms with van der Waals surface area (Å²) in [6.45, 7) is 1.82. The minimum Gasteiger partial charge on any atom is -0.316 e. The van der Waals surface area contributed by atoms with Gasteiger partial charge in [-0.15, -0.1) is 0 Å². The summed E-state index contributed by atoms with van der Waals surface area (Å²) in [6, 6.07) is 11.7. The first-order chi connectivity index (χ1) is 14.9. The van der Waals surface area contributed by atoms with Gasteiger partial charge in [-0.1, -0.05) is 22.9 Å². The Kier molecular flexibility index (Phi) is 6.88. The van der Waals surface area contributed by atoms with Gasteiger partial charge in [0.05, 0.1) is 15.1 Å². The van der Waals surface area contributed by atoms with Gasteiger partial charge in [0, 0.05) is 36.0 Å². The van der Waals surface area contributed by atoms with E-state index in [1.807, 2.05) is 29.0 Å². The van der Waals surface area contributed by atoms with E-state index in [0.717, 1.165) is 35.4 Å². The summed E-state index contributed by atoms with van der Waals surface area (Å²) in [5, 5.41) is 0.637. The van der Waals surface area contributed by atoms with Crippen LogP contribution in [0.25, 0.3) is 10.2 Å². The lowest BCUT2D eigenvalue weighted by Crippen LogP contribution is -2.27. The van der Waals surface area contributed by atoms with Crippen molar-refractivity contribution >= 4 is 60.8 Å². The highest BCUT2D eigenvalue weighted by Crippen LogP contribution is 2.23. The molecular formula is C21H22ClN3O3S3. The SMILES string of the molecule is CSCCn1c(=NC(=O)c2ccc(S(=O)(=O)N3CCCC3)cc2)sc2cc(Cl)ccc21. The average Bonchev–Trinajstić information content (AvgIpc) is 3.41. The maximum Gasteiger partial charge on any atom is 0.279 e. The maximum absolute atomic E-state index is 12.8. The zero-order valence-corrected chi connectivity index (χ0v) is 20.2. The summed E-state index contributed by atoms with van der Waals surface area (Å²) in [5.41, 5.74) is 1.34. The molecule has 1 fully saturated rings. The molecule has 2 aromatic carbocycles. The molecule has 0 N–H and O–H groups in total. The lowest BCUT2D eigenvalue weighted by atomic mass is 10.2. The Morgan fingerprint density at radius 2 is 1.87 bits per heavy atom. The van der Waals surface area contributed by atoms with Crippen molar-refractivity contribution in [3.63, 3.8) is 0 Å². The number of carbonyl (C=O) groups excluding carboxylic acids is 1. The third kappa shape index (κ3) is 4.75. The molecule has 1 amide bonds. The smallest absolute Gasteiger partial charge is 0.279 e. The van der Waals surface area contributed by atoms with Crippen LogP contribution in [0.4, 0.5) is 0 Å². The Bertz CT molecular complexity index is 1270. The summed E-state index contributed by atoms with van der Waals surface area (Å²) in [7, 11) is -3.50. The molecule has 1 aliphatic heterocycles. The Morgan fingerprint density at radius 3 is 2.55 bits per heavy atom. The summed E-state index contributed by atoms with van der Waals surface area (Å²) in [4.78, 5) is 18.0. The number of thioether (sulfide) groups is 1. The molecule has 1 aromatic heterocycles. The molecule has 0 unspecified atom stereocenters. The number of aromatic nitrogens is 1. The zero-order valence-electron chi connectivity index (χ0n) is 17.0. The third-order valence-electron chi connectivity index (χ3n) is 5.17. The predicted octanol–water partition coefficient (Wildman–Crippen LogP) is 4.24. The van der Waals surface area contributed by atoms with Gasteiger partial charge in [0.25, 0.3) is 5.91 Å². The van der Waals surface area contributed by atoms with Crippen LogP contribution in [0, 0.1) is 0 Å². The van der Waals surface area contributed by atoms with E-state index >= 15 is 0 Å². The highest BCUT2D eigenvalue weighted by atomic mass is 35.5. The van der Waals surface area contributed by atoms with Crippen molar-refractivity contribution in [2.75, 3.05) is 25.1 Å².